The normalized spacial score (nSPS) is 14.0. The van der Waals surface area contributed by atoms with Gasteiger partial charge in [-0.1, -0.05) is 17.4 Å². The van der Waals surface area contributed by atoms with E-state index in [9.17, 15) is 13.2 Å². The Labute approximate surface area is 154 Å². The minimum absolute atomic E-state index is 0.0664. The van der Waals surface area contributed by atoms with Gasteiger partial charge in [0, 0.05) is 12.2 Å². The Hall–Kier alpha value is -1.68. The van der Waals surface area contributed by atoms with E-state index in [0.717, 1.165) is 36.4 Å². The van der Waals surface area contributed by atoms with Crippen molar-refractivity contribution in [1.82, 2.24) is 10.3 Å². The minimum Gasteiger partial charge on any atom is -0.312 e. The SMILES string of the molecule is Cc1nc(NC(=O)CCl)sc1S(=O)(=O)Nc1ccc2c(c1)CCNC2. The number of thiazole rings is 1. The number of sulfonamides is 1. The topological polar surface area (TPSA) is 100 Å². The summed E-state index contributed by atoms with van der Waals surface area (Å²) in [5.41, 5.74) is 3.15. The van der Waals surface area contributed by atoms with Crippen molar-refractivity contribution in [1.29, 1.82) is 0 Å². The number of nitrogens with one attached hydrogen (secondary N) is 3. The summed E-state index contributed by atoms with van der Waals surface area (Å²) in [6, 6.07) is 5.53. The molecule has 0 radical (unpaired) electrons. The van der Waals surface area contributed by atoms with Crippen LogP contribution >= 0.6 is 22.9 Å². The van der Waals surface area contributed by atoms with Gasteiger partial charge >= 0.3 is 0 Å². The molecule has 3 N–H and O–H groups in total. The molecule has 25 heavy (non-hydrogen) atoms. The number of nitrogens with zero attached hydrogens (tertiary/aromatic N) is 1. The van der Waals surface area contributed by atoms with E-state index in [1.54, 1.807) is 13.0 Å². The fraction of sp³-hybridized carbons (Fsp3) is 0.333. The van der Waals surface area contributed by atoms with Crippen LogP contribution in [0.3, 0.4) is 0 Å². The zero-order chi connectivity index (χ0) is 18.0. The van der Waals surface area contributed by atoms with Crippen LogP contribution in [0.4, 0.5) is 10.8 Å². The summed E-state index contributed by atoms with van der Waals surface area (Å²) >= 11 is 6.33. The highest BCUT2D eigenvalue weighted by molar-refractivity contribution is 7.94. The highest BCUT2D eigenvalue weighted by atomic mass is 35.5. The maximum absolute atomic E-state index is 12.7. The molecule has 0 saturated heterocycles. The minimum atomic E-state index is -3.79. The Morgan fingerprint density at radius 2 is 2.20 bits per heavy atom. The summed E-state index contributed by atoms with van der Waals surface area (Å²) in [6.07, 6.45) is 0.860. The van der Waals surface area contributed by atoms with Gasteiger partial charge < -0.3 is 10.6 Å². The van der Waals surface area contributed by atoms with Crippen molar-refractivity contribution >= 4 is 49.7 Å². The zero-order valence-electron chi connectivity index (χ0n) is 13.4. The Morgan fingerprint density at radius 3 is 2.96 bits per heavy atom. The smallest absolute Gasteiger partial charge is 0.273 e. The molecule has 0 saturated carbocycles. The number of benzene rings is 1. The van der Waals surface area contributed by atoms with Gasteiger partial charge in [-0.05, 0) is 43.1 Å². The maximum atomic E-state index is 12.7. The first-order chi connectivity index (χ1) is 11.9. The third-order valence-electron chi connectivity index (χ3n) is 3.71. The molecular weight excluding hydrogens is 384 g/mol. The summed E-state index contributed by atoms with van der Waals surface area (Å²) < 4.78 is 28.0. The lowest BCUT2D eigenvalue weighted by Gasteiger charge is -2.18. The van der Waals surface area contributed by atoms with E-state index in [4.69, 9.17) is 11.6 Å². The first-order valence-corrected chi connectivity index (χ1v) is 10.4. The van der Waals surface area contributed by atoms with Gasteiger partial charge in [0.05, 0.1) is 5.69 Å². The average Bonchev–Trinajstić information content (AvgIpc) is 2.95. The van der Waals surface area contributed by atoms with E-state index in [2.05, 4.69) is 20.3 Å². The highest BCUT2D eigenvalue weighted by Crippen LogP contribution is 2.29. The predicted octanol–water partition coefficient (Wildman–Crippen LogP) is 2.08. The Morgan fingerprint density at radius 1 is 1.40 bits per heavy atom. The Bertz CT molecular complexity index is 911. The molecule has 134 valence electrons. The van der Waals surface area contributed by atoms with Crippen molar-refractivity contribution in [2.75, 3.05) is 22.5 Å². The van der Waals surface area contributed by atoms with E-state index in [-0.39, 0.29) is 15.2 Å². The molecule has 10 heteroatoms. The second-order valence-electron chi connectivity index (χ2n) is 5.59. The quantitative estimate of drug-likeness (QED) is 0.667. The number of aryl methyl sites for hydroxylation is 1. The molecule has 2 aromatic rings. The third-order valence-corrected chi connectivity index (χ3v) is 7.02. The van der Waals surface area contributed by atoms with Crippen molar-refractivity contribution in [2.45, 2.75) is 24.1 Å². The second kappa shape index (κ2) is 7.28. The molecule has 0 unspecified atom stereocenters. The molecular formula is C15H17ClN4O3S2. The van der Waals surface area contributed by atoms with Crippen LogP contribution in [-0.2, 0) is 27.8 Å². The first-order valence-electron chi connectivity index (χ1n) is 7.57. The van der Waals surface area contributed by atoms with Crippen molar-refractivity contribution < 1.29 is 13.2 Å². The van der Waals surface area contributed by atoms with Gasteiger partial charge in [0.25, 0.3) is 10.0 Å². The maximum Gasteiger partial charge on any atom is 0.273 e. The van der Waals surface area contributed by atoms with Crippen LogP contribution in [0.2, 0.25) is 0 Å². The highest BCUT2D eigenvalue weighted by Gasteiger charge is 2.23. The zero-order valence-corrected chi connectivity index (χ0v) is 15.8. The van der Waals surface area contributed by atoms with Gasteiger partial charge in [0.1, 0.15) is 5.88 Å². The number of fused-ring (bicyclic) bond motifs is 1. The molecule has 0 bridgehead atoms. The number of carbonyl (C=O) groups excluding carboxylic acids is 1. The van der Waals surface area contributed by atoms with Crippen LogP contribution in [0.1, 0.15) is 16.8 Å². The van der Waals surface area contributed by atoms with E-state index in [1.165, 1.54) is 5.56 Å². The Balaban J connectivity index is 1.83. The first kappa shape index (κ1) is 18.1. The predicted molar refractivity (Wildman–Crippen MR) is 98.9 cm³/mol. The third kappa shape index (κ3) is 4.12. The lowest BCUT2D eigenvalue weighted by atomic mass is 10.0. The van der Waals surface area contributed by atoms with Gasteiger partial charge in [0.15, 0.2) is 9.34 Å². The van der Waals surface area contributed by atoms with Crippen LogP contribution in [0, 0.1) is 6.92 Å². The number of hydrogen-bond acceptors (Lipinski definition) is 6. The summed E-state index contributed by atoms with van der Waals surface area (Å²) in [4.78, 5) is 15.4. The second-order valence-corrected chi connectivity index (χ2v) is 8.73. The lowest BCUT2D eigenvalue weighted by Crippen LogP contribution is -2.23. The summed E-state index contributed by atoms with van der Waals surface area (Å²) in [6.45, 7) is 3.25. The van der Waals surface area contributed by atoms with Gasteiger partial charge in [-0.25, -0.2) is 13.4 Å². The molecule has 0 fully saturated rings. The molecule has 1 amide bonds. The molecule has 1 aromatic carbocycles. The fourth-order valence-electron chi connectivity index (χ4n) is 2.58. The molecule has 0 aliphatic carbocycles. The monoisotopic (exact) mass is 400 g/mol. The van der Waals surface area contributed by atoms with Gasteiger partial charge in [-0.15, -0.1) is 11.6 Å². The summed E-state index contributed by atoms with van der Waals surface area (Å²) in [5.74, 6) is -0.654. The van der Waals surface area contributed by atoms with Gasteiger partial charge in [-0.3, -0.25) is 9.52 Å². The van der Waals surface area contributed by atoms with E-state index < -0.39 is 15.9 Å². The largest absolute Gasteiger partial charge is 0.312 e. The number of rotatable bonds is 5. The molecule has 0 spiro atoms. The van der Waals surface area contributed by atoms with Gasteiger partial charge in [-0.2, -0.15) is 0 Å². The van der Waals surface area contributed by atoms with Crippen LogP contribution in [0.25, 0.3) is 0 Å². The van der Waals surface area contributed by atoms with E-state index >= 15 is 0 Å². The van der Waals surface area contributed by atoms with E-state index in [1.807, 2.05) is 12.1 Å². The molecule has 2 heterocycles. The number of amides is 1. The molecule has 1 aliphatic rings. The number of anilines is 2. The number of hydrogen-bond donors (Lipinski definition) is 3. The Kier molecular flexibility index (Phi) is 5.28. The lowest BCUT2D eigenvalue weighted by molar-refractivity contribution is -0.113. The number of carbonyl (C=O) groups is 1. The van der Waals surface area contributed by atoms with Crippen molar-refractivity contribution in [3.8, 4) is 0 Å². The fourth-order valence-corrected chi connectivity index (χ4v) is 5.13. The van der Waals surface area contributed by atoms with Crippen LogP contribution in [0.15, 0.2) is 22.4 Å². The average molecular weight is 401 g/mol. The van der Waals surface area contributed by atoms with Crippen LogP contribution < -0.4 is 15.4 Å². The molecule has 0 atom stereocenters. The van der Waals surface area contributed by atoms with Gasteiger partial charge in [0.2, 0.25) is 5.91 Å². The number of halogens is 1. The summed E-state index contributed by atoms with van der Waals surface area (Å²) in [5, 5.41) is 5.95. The van der Waals surface area contributed by atoms with Crippen LogP contribution in [-0.4, -0.2) is 31.7 Å². The van der Waals surface area contributed by atoms with Crippen molar-refractivity contribution in [3.05, 3.63) is 35.0 Å². The molecule has 3 rings (SSSR count). The molecule has 7 nitrogen and oxygen atoms in total. The molecule has 1 aliphatic heterocycles. The summed E-state index contributed by atoms with van der Waals surface area (Å²) in [7, 11) is -3.79. The van der Waals surface area contributed by atoms with E-state index in [0.29, 0.717) is 11.4 Å². The number of aromatic nitrogens is 1. The molecule has 1 aromatic heterocycles. The van der Waals surface area contributed by atoms with Crippen molar-refractivity contribution in [2.24, 2.45) is 0 Å². The van der Waals surface area contributed by atoms with Crippen molar-refractivity contribution in [3.63, 3.8) is 0 Å². The standard InChI is InChI=1S/C15H17ClN4O3S2/c1-9-14(24-15(18-9)19-13(21)7-16)25(22,23)20-12-3-2-11-8-17-5-4-10(11)6-12/h2-3,6,17,20H,4-5,7-8H2,1H3,(H,18,19,21). The number of alkyl halides is 1. The van der Waals surface area contributed by atoms with Crippen LogP contribution in [0.5, 0.6) is 0 Å².